The van der Waals surface area contributed by atoms with Crippen LogP contribution < -0.4 is 5.32 Å². The van der Waals surface area contributed by atoms with Gasteiger partial charge in [-0.1, -0.05) is 36.4 Å². The molecule has 0 radical (unpaired) electrons. The Labute approximate surface area is 149 Å². The number of halogens is 1. The van der Waals surface area contributed by atoms with E-state index in [-0.39, 0.29) is 12.2 Å². The lowest BCUT2D eigenvalue weighted by atomic mass is 10.1. The molecule has 1 saturated heterocycles. The summed E-state index contributed by atoms with van der Waals surface area (Å²) in [7, 11) is 1.92. The number of aryl methyl sites for hydroxylation is 1. The third-order valence-electron chi connectivity index (χ3n) is 4.48. The first-order valence-corrected chi connectivity index (χ1v) is 8.16. The van der Waals surface area contributed by atoms with Gasteiger partial charge in [-0.15, -0.1) is 0 Å². The van der Waals surface area contributed by atoms with Crippen LogP contribution in [0, 0.1) is 5.82 Å². The van der Waals surface area contributed by atoms with E-state index in [2.05, 4.69) is 5.32 Å². The van der Waals surface area contributed by atoms with E-state index < -0.39 is 17.8 Å². The van der Waals surface area contributed by atoms with Gasteiger partial charge >= 0.3 is 6.03 Å². The lowest BCUT2D eigenvalue weighted by Gasteiger charge is -2.12. The molecule has 0 atom stereocenters. The van der Waals surface area contributed by atoms with Gasteiger partial charge in [0, 0.05) is 35.3 Å². The summed E-state index contributed by atoms with van der Waals surface area (Å²) >= 11 is 0. The molecule has 130 valence electrons. The molecule has 0 spiro atoms. The van der Waals surface area contributed by atoms with Gasteiger partial charge in [-0.2, -0.15) is 0 Å². The molecule has 1 aliphatic heterocycles. The van der Waals surface area contributed by atoms with Gasteiger partial charge in [-0.3, -0.25) is 9.69 Å². The van der Waals surface area contributed by atoms with Crippen molar-refractivity contribution in [3.05, 3.63) is 77.4 Å². The SMILES string of the molecule is Cn1cc(C=C2NC(=O)N(Cc3ccccc3F)C2=O)c2ccccc21. The lowest BCUT2D eigenvalue weighted by molar-refractivity contribution is -0.123. The Morgan fingerprint density at radius 2 is 1.81 bits per heavy atom. The van der Waals surface area contributed by atoms with E-state index in [0.717, 1.165) is 21.4 Å². The lowest BCUT2D eigenvalue weighted by Crippen LogP contribution is -2.30. The number of aromatic nitrogens is 1. The molecule has 2 heterocycles. The Morgan fingerprint density at radius 3 is 2.62 bits per heavy atom. The molecule has 1 aromatic heterocycles. The van der Waals surface area contributed by atoms with Crippen molar-refractivity contribution in [1.29, 1.82) is 0 Å². The molecule has 1 fully saturated rings. The first-order chi connectivity index (χ1) is 12.5. The largest absolute Gasteiger partial charge is 0.350 e. The number of fused-ring (bicyclic) bond motifs is 1. The number of nitrogens with one attached hydrogen (secondary N) is 1. The summed E-state index contributed by atoms with van der Waals surface area (Å²) in [6.07, 6.45) is 3.56. The van der Waals surface area contributed by atoms with Crippen LogP contribution in [-0.4, -0.2) is 21.4 Å². The third-order valence-corrected chi connectivity index (χ3v) is 4.48. The molecular formula is C20H16FN3O2. The topological polar surface area (TPSA) is 54.3 Å². The average Bonchev–Trinajstić information content (AvgIpc) is 3.09. The van der Waals surface area contributed by atoms with Crippen LogP contribution in [0.15, 0.2) is 60.4 Å². The Bertz CT molecular complexity index is 1070. The number of rotatable bonds is 3. The number of carbonyl (C=O) groups excluding carboxylic acids is 2. The minimum absolute atomic E-state index is 0.107. The summed E-state index contributed by atoms with van der Waals surface area (Å²) in [5.41, 5.74) is 2.34. The second-order valence-corrected chi connectivity index (χ2v) is 6.18. The van der Waals surface area contributed by atoms with E-state index in [1.54, 1.807) is 24.3 Å². The van der Waals surface area contributed by atoms with Gasteiger partial charge in [0.05, 0.1) is 6.54 Å². The molecule has 1 aliphatic rings. The number of hydrogen-bond acceptors (Lipinski definition) is 2. The second kappa shape index (κ2) is 6.15. The fourth-order valence-corrected chi connectivity index (χ4v) is 3.16. The molecule has 3 aromatic rings. The predicted molar refractivity (Wildman–Crippen MR) is 96.4 cm³/mol. The number of nitrogens with zero attached hydrogens (tertiary/aromatic N) is 2. The van der Waals surface area contributed by atoms with Crippen molar-refractivity contribution in [3.63, 3.8) is 0 Å². The highest BCUT2D eigenvalue weighted by Gasteiger charge is 2.34. The Hall–Kier alpha value is -3.41. The summed E-state index contributed by atoms with van der Waals surface area (Å²) in [6.45, 7) is -0.107. The molecule has 4 rings (SSSR count). The maximum absolute atomic E-state index is 13.8. The van der Waals surface area contributed by atoms with Gasteiger partial charge in [-0.25, -0.2) is 9.18 Å². The van der Waals surface area contributed by atoms with Crippen LogP contribution in [0.5, 0.6) is 0 Å². The standard InChI is InChI=1S/C20H16FN3O2/c1-23-11-14(15-7-3-5-9-18(15)23)10-17-19(25)24(20(26)22-17)12-13-6-2-4-8-16(13)21/h2-11H,12H2,1H3,(H,22,26). The fourth-order valence-electron chi connectivity index (χ4n) is 3.16. The number of para-hydroxylation sites is 1. The van der Waals surface area contributed by atoms with Crippen LogP contribution in [0.3, 0.4) is 0 Å². The van der Waals surface area contributed by atoms with Gasteiger partial charge in [0.15, 0.2) is 0 Å². The number of urea groups is 1. The molecule has 3 amide bonds. The molecule has 0 aliphatic carbocycles. The zero-order chi connectivity index (χ0) is 18.3. The van der Waals surface area contributed by atoms with Gasteiger partial charge in [0.2, 0.25) is 0 Å². The molecular weight excluding hydrogens is 333 g/mol. The summed E-state index contributed by atoms with van der Waals surface area (Å²) in [4.78, 5) is 25.8. The first kappa shape index (κ1) is 16.1. The van der Waals surface area contributed by atoms with Crippen molar-refractivity contribution >= 4 is 28.9 Å². The first-order valence-electron chi connectivity index (χ1n) is 8.16. The summed E-state index contributed by atoms with van der Waals surface area (Å²) in [5.74, 6) is -0.911. The van der Waals surface area contributed by atoms with Crippen LogP contribution in [0.1, 0.15) is 11.1 Å². The van der Waals surface area contributed by atoms with Crippen molar-refractivity contribution in [2.24, 2.45) is 7.05 Å². The van der Waals surface area contributed by atoms with Crippen LogP contribution >= 0.6 is 0 Å². The predicted octanol–water partition coefficient (Wildman–Crippen LogP) is 3.41. The quantitative estimate of drug-likeness (QED) is 0.582. The van der Waals surface area contributed by atoms with Crippen LogP contribution in [0.25, 0.3) is 17.0 Å². The van der Waals surface area contributed by atoms with Crippen molar-refractivity contribution in [3.8, 4) is 0 Å². The van der Waals surface area contributed by atoms with E-state index >= 15 is 0 Å². The minimum atomic E-state index is -0.551. The monoisotopic (exact) mass is 349 g/mol. The van der Waals surface area contributed by atoms with Crippen LogP contribution in [-0.2, 0) is 18.4 Å². The molecule has 0 saturated carbocycles. The van der Waals surface area contributed by atoms with Crippen molar-refractivity contribution < 1.29 is 14.0 Å². The Morgan fingerprint density at radius 1 is 1.08 bits per heavy atom. The smallest absolute Gasteiger partial charge is 0.329 e. The maximum Gasteiger partial charge on any atom is 0.329 e. The number of amides is 3. The zero-order valence-electron chi connectivity index (χ0n) is 14.1. The third kappa shape index (κ3) is 2.65. The van der Waals surface area contributed by atoms with Crippen LogP contribution in [0.2, 0.25) is 0 Å². The highest BCUT2D eigenvalue weighted by molar-refractivity contribution is 6.14. The second-order valence-electron chi connectivity index (χ2n) is 6.18. The summed E-state index contributed by atoms with van der Waals surface area (Å²) < 4.78 is 15.8. The average molecular weight is 349 g/mol. The van der Waals surface area contributed by atoms with Crippen molar-refractivity contribution in [2.75, 3.05) is 0 Å². The number of hydrogen-bond donors (Lipinski definition) is 1. The fraction of sp³-hybridized carbons (Fsp3) is 0.100. The maximum atomic E-state index is 13.8. The highest BCUT2D eigenvalue weighted by atomic mass is 19.1. The van der Waals surface area contributed by atoms with E-state index in [9.17, 15) is 14.0 Å². The van der Waals surface area contributed by atoms with E-state index in [1.165, 1.54) is 6.07 Å². The molecule has 0 bridgehead atoms. The number of imide groups is 1. The number of carbonyl (C=O) groups is 2. The Kier molecular flexibility index (Phi) is 3.80. The molecule has 5 nitrogen and oxygen atoms in total. The van der Waals surface area contributed by atoms with E-state index in [4.69, 9.17) is 0 Å². The van der Waals surface area contributed by atoms with Crippen LogP contribution in [0.4, 0.5) is 9.18 Å². The molecule has 2 aromatic carbocycles. The Balaban J connectivity index is 1.66. The summed E-state index contributed by atoms with van der Waals surface area (Å²) in [5, 5.41) is 3.57. The van der Waals surface area contributed by atoms with Gasteiger partial charge in [-0.05, 0) is 18.2 Å². The summed E-state index contributed by atoms with van der Waals surface area (Å²) in [6, 6.07) is 13.4. The minimum Gasteiger partial charge on any atom is -0.350 e. The van der Waals surface area contributed by atoms with Gasteiger partial charge in [0.1, 0.15) is 11.5 Å². The zero-order valence-corrected chi connectivity index (χ0v) is 14.1. The highest BCUT2D eigenvalue weighted by Crippen LogP contribution is 2.24. The van der Waals surface area contributed by atoms with E-state index in [1.807, 2.05) is 42.1 Å². The molecule has 26 heavy (non-hydrogen) atoms. The van der Waals surface area contributed by atoms with Gasteiger partial charge in [0.25, 0.3) is 5.91 Å². The molecule has 1 N–H and O–H groups in total. The normalized spacial score (nSPS) is 15.9. The van der Waals surface area contributed by atoms with Crippen molar-refractivity contribution in [1.82, 2.24) is 14.8 Å². The van der Waals surface area contributed by atoms with Crippen molar-refractivity contribution in [2.45, 2.75) is 6.54 Å². The van der Waals surface area contributed by atoms with E-state index in [0.29, 0.717) is 5.56 Å². The molecule has 0 unspecified atom stereocenters. The van der Waals surface area contributed by atoms with Gasteiger partial charge < -0.3 is 9.88 Å². The number of benzene rings is 2. The molecule has 6 heteroatoms.